The Morgan fingerprint density at radius 1 is 1.58 bits per heavy atom. The second-order valence-electron chi connectivity index (χ2n) is 5.24. The summed E-state index contributed by atoms with van der Waals surface area (Å²) in [6.07, 6.45) is 0. The molecule has 0 amide bonds. The SMILES string of the molecule is CC1(C)COC[C@H]1Nc1cc(Br)cc(F)c1[N+](=O)[O-]. The van der Waals surface area contributed by atoms with Crippen LogP contribution in [-0.2, 0) is 4.74 Å². The van der Waals surface area contributed by atoms with Gasteiger partial charge in [0, 0.05) is 9.89 Å². The van der Waals surface area contributed by atoms with Gasteiger partial charge in [-0.05, 0) is 12.1 Å². The minimum atomic E-state index is -0.862. The number of nitrogens with zero attached hydrogens (tertiary/aromatic N) is 1. The number of hydrogen-bond acceptors (Lipinski definition) is 4. The number of benzene rings is 1. The lowest BCUT2D eigenvalue weighted by molar-refractivity contribution is -0.386. The van der Waals surface area contributed by atoms with Crippen LogP contribution in [0.2, 0.25) is 0 Å². The highest BCUT2D eigenvalue weighted by molar-refractivity contribution is 9.10. The molecule has 104 valence electrons. The molecule has 7 heteroatoms. The van der Waals surface area contributed by atoms with Crippen molar-refractivity contribution in [2.75, 3.05) is 18.5 Å². The number of nitro benzene ring substituents is 1. The van der Waals surface area contributed by atoms with E-state index in [4.69, 9.17) is 4.74 Å². The molecule has 0 spiro atoms. The Labute approximate surface area is 118 Å². The fraction of sp³-hybridized carbons (Fsp3) is 0.500. The van der Waals surface area contributed by atoms with Gasteiger partial charge in [-0.25, -0.2) is 0 Å². The molecule has 19 heavy (non-hydrogen) atoms. The van der Waals surface area contributed by atoms with Gasteiger partial charge in [0.25, 0.3) is 0 Å². The topological polar surface area (TPSA) is 64.4 Å². The molecule has 1 aliphatic rings. The highest BCUT2D eigenvalue weighted by Gasteiger charge is 2.37. The van der Waals surface area contributed by atoms with E-state index >= 15 is 0 Å². The average molecular weight is 333 g/mol. The molecule has 0 aliphatic carbocycles. The Balaban J connectivity index is 2.37. The summed E-state index contributed by atoms with van der Waals surface area (Å²) < 4.78 is 19.5. The summed E-state index contributed by atoms with van der Waals surface area (Å²) in [6.45, 7) is 5.00. The van der Waals surface area contributed by atoms with Crippen molar-refractivity contribution >= 4 is 27.3 Å². The summed E-state index contributed by atoms with van der Waals surface area (Å²) in [5.74, 6) is -0.862. The number of hydrogen-bond donors (Lipinski definition) is 1. The summed E-state index contributed by atoms with van der Waals surface area (Å²) in [6, 6.07) is 2.50. The largest absolute Gasteiger partial charge is 0.379 e. The van der Waals surface area contributed by atoms with Gasteiger partial charge in [0.05, 0.1) is 24.2 Å². The summed E-state index contributed by atoms with van der Waals surface area (Å²) in [5, 5.41) is 14.0. The van der Waals surface area contributed by atoms with E-state index in [1.807, 2.05) is 13.8 Å². The molecular formula is C12H14BrFN2O3. The van der Waals surface area contributed by atoms with Gasteiger partial charge in [-0.15, -0.1) is 0 Å². The molecule has 5 nitrogen and oxygen atoms in total. The van der Waals surface area contributed by atoms with Crippen LogP contribution in [0.5, 0.6) is 0 Å². The molecule has 1 aromatic rings. The van der Waals surface area contributed by atoms with Gasteiger partial charge >= 0.3 is 5.69 Å². The van der Waals surface area contributed by atoms with Gasteiger partial charge in [-0.1, -0.05) is 29.8 Å². The Hall–Kier alpha value is -1.21. The zero-order valence-electron chi connectivity index (χ0n) is 10.6. The molecule has 1 atom stereocenters. The molecule has 1 aromatic carbocycles. The summed E-state index contributed by atoms with van der Waals surface area (Å²) >= 11 is 3.14. The van der Waals surface area contributed by atoms with Crippen LogP contribution in [0.4, 0.5) is 15.8 Å². The minimum absolute atomic E-state index is 0.0973. The number of ether oxygens (including phenoxy) is 1. The van der Waals surface area contributed by atoms with Crippen molar-refractivity contribution in [2.45, 2.75) is 19.9 Å². The van der Waals surface area contributed by atoms with Crippen molar-refractivity contribution < 1.29 is 14.1 Å². The monoisotopic (exact) mass is 332 g/mol. The van der Waals surface area contributed by atoms with Crippen LogP contribution in [0.1, 0.15) is 13.8 Å². The summed E-state index contributed by atoms with van der Waals surface area (Å²) in [4.78, 5) is 10.3. The van der Waals surface area contributed by atoms with Crippen molar-refractivity contribution in [3.05, 3.63) is 32.5 Å². The van der Waals surface area contributed by atoms with Crippen LogP contribution in [-0.4, -0.2) is 24.2 Å². The van der Waals surface area contributed by atoms with E-state index in [9.17, 15) is 14.5 Å². The molecule has 2 rings (SSSR count). The Kier molecular flexibility index (Phi) is 3.78. The number of halogens is 2. The summed E-state index contributed by atoms with van der Waals surface area (Å²) in [7, 11) is 0. The predicted octanol–water partition coefficient (Wildman–Crippen LogP) is 3.33. The fourth-order valence-corrected chi connectivity index (χ4v) is 2.48. The molecule has 1 aliphatic heterocycles. The highest BCUT2D eigenvalue weighted by Crippen LogP contribution is 2.36. The lowest BCUT2D eigenvalue weighted by Crippen LogP contribution is -2.34. The first-order valence-corrected chi connectivity index (χ1v) is 6.58. The van der Waals surface area contributed by atoms with Crippen molar-refractivity contribution in [1.82, 2.24) is 0 Å². The van der Waals surface area contributed by atoms with Gasteiger partial charge in [-0.3, -0.25) is 10.1 Å². The third kappa shape index (κ3) is 2.87. The van der Waals surface area contributed by atoms with Gasteiger partial charge in [0.1, 0.15) is 5.69 Å². The maximum absolute atomic E-state index is 13.7. The standard InChI is InChI=1S/C12H14BrFN2O3/c1-12(2)6-19-5-10(12)15-9-4-7(13)3-8(14)11(9)16(17)18/h3-4,10,15H,5-6H2,1-2H3/t10-/m1/s1. The first-order chi connectivity index (χ1) is 8.81. The Morgan fingerprint density at radius 2 is 2.26 bits per heavy atom. The van der Waals surface area contributed by atoms with Gasteiger partial charge in [0.2, 0.25) is 5.82 Å². The molecule has 1 saturated heterocycles. The molecular weight excluding hydrogens is 319 g/mol. The second-order valence-corrected chi connectivity index (χ2v) is 6.16. The van der Waals surface area contributed by atoms with Crippen molar-refractivity contribution in [1.29, 1.82) is 0 Å². The minimum Gasteiger partial charge on any atom is -0.379 e. The molecule has 1 N–H and O–H groups in total. The zero-order valence-corrected chi connectivity index (χ0v) is 12.2. The third-order valence-corrected chi connectivity index (χ3v) is 3.70. The van der Waals surface area contributed by atoms with E-state index in [1.165, 1.54) is 6.07 Å². The molecule has 0 unspecified atom stereocenters. The number of rotatable bonds is 3. The van der Waals surface area contributed by atoms with E-state index in [1.54, 1.807) is 0 Å². The van der Waals surface area contributed by atoms with Crippen LogP contribution in [0.15, 0.2) is 16.6 Å². The Bertz CT molecular complexity index is 522. The molecule has 0 bridgehead atoms. The third-order valence-electron chi connectivity index (χ3n) is 3.24. The molecule has 0 radical (unpaired) electrons. The Morgan fingerprint density at radius 3 is 2.79 bits per heavy atom. The highest BCUT2D eigenvalue weighted by atomic mass is 79.9. The average Bonchev–Trinajstić information content (AvgIpc) is 2.56. The molecule has 0 aromatic heterocycles. The lowest BCUT2D eigenvalue weighted by Gasteiger charge is -2.26. The lowest BCUT2D eigenvalue weighted by atomic mass is 9.88. The number of anilines is 1. The first kappa shape index (κ1) is 14.2. The van der Waals surface area contributed by atoms with E-state index in [-0.39, 0.29) is 17.1 Å². The second kappa shape index (κ2) is 5.05. The molecule has 1 fully saturated rings. The van der Waals surface area contributed by atoms with Crippen molar-refractivity contribution in [2.24, 2.45) is 5.41 Å². The smallest absolute Gasteiger partial charge is 0.327 e. The van der Waals surface area contributed by atoms with E-state index in [2.05, 4.69) is 21.2 Å². The number of nitro groups is 1. The molecule has 0 saturated carbocycles. The van der Waals surface area contributed by atoms with Crippen LogP contribution in [0.25, 0.3) is 0 Å². The summed E-state index contributed by atoms with van der Waals surface area (Å²) in [5.41, 5.74) is -0.529. The van der Waals surface area contributed by atoms with E-state index in [0.717, 1.165) is 6.07 Å². The van der Waals surface area contributed by atoms with Crippen LogP contribution in [0.3, 0.4) is 0 Å². The van der Waals surface area contributed by atoms with Crippen LogP contribution in [0, 0.1) is 21.3 Å². The van der Waals surface area contributed by atoms with Crippen LogP contribution < -0.4 is 5.32 Å². The fourth-order valence-electron chi connectivity index (χ4n) is 2.05. The van der Waals surface area contributed by atoms with E-state index < -0.39 is 16.4 Å². The quantitative estimate of drug-likeness (QED) is 0.681. The molecule has 1 heterocycles. The number of nitrogens with one attached hydrogen (secondary N) is 1. The van der Waals surface area contributed by atoms with Crippen LogP contribution >= 0.6 is 15.9 Å². The maximum Gasteiger partial charge on any atom is 0.327 e. The van der Waals surface area contributed by atoms with Gasteiger partial charge < -0.3 is 10.1 Å². The predicted molar refractivity (Wildman–Crippen MR) is 72.8 cm³/mol. The van der Waals surface area contributed by atoms with Gasteiger partial charge in [0.15, 0.2) is 0 Å². The maximum atomic E-state index is 13.7. The van der Waals surface area contributed by atoms with E-state index in [0.29, 0.717) is 17.7 Å². The van der Waals surface area contributed by atoms with Gasteiger partial charge in [-0.2, -0.15) is 4.39 Å². The normalized spacial score (nSPS) is 21.4. The first-order valence-electron chi connectivity index (χ1n) is 5.79. The van der Waals surface area contributed by atoms with Crippen molar-refractivity contribution in [3.8, 4) is 0 Å². The van der Waals surface area contributed by atoms with Crippen molar-refractivity contribution in [3.63, 3.8) is 0 Å². The zero-order chi connectivity index (χ0) is 14.2.